The number of para-hydroxylation sites is 2. The lowest BCUT2D eigenvalue weighted by Crippen LogP contribution is -2.29. The van der Waals surface area contributed by atoms with Crippen LogP contribution in [0.5, 0.6) is 11.5 Å². The quantitative estimate of drug-likeness (QED) is 0.302. The van der Waals surface area contributed by atoms with Gasteiger partial charge < -0.3 is 19.4 Å². The number of nitrogens with zero attached hydrogens (tertiary/aromatic N) is 2. The molecule has 4 aromatic rings. The summed E-state index contributed by atoms with van der Waals surface area (Å²) in [6.07, 6.45) is 1.11. The Morgan fingerprint density at radius 3 is 2.51 bits per heavy atom. The number of aromatic nitrogens is 2. The van der Waals surface area contributed by atoms with E-state index in [0.29, 0.717) is 30.4 Å². The van der Waals surface area contributed by atoms with Gasteiger partial charge in [-0.05, 0) is 67.3 Å². The Bertz CT molecular complexity index is 1280. The second-order valence-corrected chi connectivity index (χ2v) is 8.76. The molecule has 0 aliphatic carbocycles. The lowest BCUT2D eigenvalue weighted by atomic mass is 9.99. The minimum Gasteiger partial charge on any atom is -0.497 e. The minimum absolute atomic E-state index is 0.173. The summed E-state index contributed by atoms with van der Waals surface area (Å²) in [6.45, 7) is 7.48. The first-order valence-electron chi connectivity index (χ1n) is 12.1. The number of carbonyl (C=O) groups excluding carboxylic acids is 1. The predicted octanol–water partition coefficient (Wildman–Crippen LogP) is 6.13. The number of amides is 1. The van der Waals surface area contributed by atoms with Crippen LogP contribution >= 0.6 is 0 Å². The Hall–Kier alpha value is -3.80. The van der Waals surface area contributed by atoms with Crippen molar-refractivity contribution >= 4 is 16.9 Å². The second-order valence-electron chi connectivity index (χ2n) is 8.76. The van der Waals surface area contributed by atoms with Crippen molar-refractivity contribution in [2.24, 2.45) is 0 Å². The molecule has 0 aliphatic heterocycles. The molecule has 0 saturated carbocycles. The minimum atomic E-state index is -0.295. The van der Waals surface area contributed by atoms with Gasteiger partial charge in [0.2, 0.25) is 0 Å². The summed E-state index contributed by atoms with van der Waals surface area (Å²) in [4.78, 5) is 17.7. The number of benzene rings is 3. The van der Waals surface area contributed by atoms with Crippen LogP contribution in [-0.2, 0) is 6.54 Å². The molecule has 0 spiro atoms. The van der Waals surface area contributed by atoms with Crippen molar-refractivity contribution in [3.05, 3.63) is 89.7 Å². The molecule has 1 N–H and O–H groups in total. The van der Waals surface area contributed by atoms with Crippen molar-refractivity contribution in [1.29, 1.82) is 0 Å². The van der Waals surface area contributed by atoms with E-state index in [1.54, 1.807) is 25.3 Å². The number of carbonyl (C=O) groups is 1. The number of hydrogen-bond donors (Lipinski definition) is 1. The van der Waals surface area contributed by atoms with E-state index in [-0.39, 0.29) is 11.9 Å². The number of rotatable bonds is 10. The standard InChI is InChI=1S/C29H33N3O3/c1-5-20(2)22-13-15-24(16-14-22)35-18-17-32-27-12-7-6-11-26(27)31-28(32)21(3)30-29(33)23-9-8-10-25(19-23)34-4/h6-16,19-21H,5,17-18H2,1-4H3,(H,30,33). The van der Waals surface area contributed by atoms with Crippen molar-refractivity contribution in [3.63, 3.8) is 0 Å². The highest BCUT2D eigenvalue weighted by Gasteiger charge is 2.19. The van der Waals surface area contributed by atoms with E-state index in [2.05, 4.69) is 35.9 Å². The highest BCUT2D eigenvalue weighted by atomic mass is 16.5. The summed E-state index contributed by atoms with van der Waals surface area (Å²) in [7, 11) is 1.59. The van der Waals surface area contributed by atoms with Gasteiger partial charge in [-0.2, -0.15) is 0 Å². The lowest BCUT2D eigenvalue weighted by molar-refractivity contribution is 0.0937. The van der Waals surface area contributed by atoms with Gasteiger partial charge >= 0.3 is 0 Å². The average molecular weight is 472 g/mol. The van der Waals surface area contributed by atoms with E-state index >= 15 is 0 Å². The summed E-state index contributed by atoms with van der Waals surface area (Å²) in [5.41, 5.74) is 3.77. The molecule has 2 unspecified atom stereocenters. The lowest BCUT2D eigenvalue weighted by Gasteiger charge is -2.17. The zero-order chi connectivity index (χ0) is 24.8. The molecule has 1 heterocycles. The van der Waals surface area contributed by atoms with E-state index < -0.39 is 0 Å². The number of methoxy groups -OCH3 is 1. The van der Waals surface area contributed by atoms with Crippen LogP contribution in [0.4, 0.5) is 0 Å². The Kier molecular flexibility index (Phi) is 7.70. The second kappa shape index (κ2) is 11.1. The summed E-state index contributed by atoms with van der Waals surface area (Å²) in [5.74, 6) is 2.65. The highest BCUT2D eigenvalue weighted by molar-refractivity contribution is 5.94. The van der Waals surface area contributed by atoms with Crippen LogP contribution < -0.4 is 14.8 Å². The molecule has 0 saturated heterocycles. The van der Waals surface area contributed by atoms with Gasteiger partial charge in [-0.15, -0.1) is 0 Å². The molecule has 4 rings (SSSR count). The Morgan fingerprint density at radius 1 is 1.00 bits per heavy atom. The third kappa shape index (κ3) is 5.65. The summed E-state index contributed by atoms with van der Waals surface area (Å²) < 4.78 is 13.4. The molecule has 1 amide bonds. The SMILES string of the molecule is CCC(C)c1ccc(OCCn2c(C(C)NC(=O)c3cccc(OC)c3)nc3ccccc32)cc1. The highest BCUT2D eigenvalue weighted by Crippen LogP contribution is 2.24. The van der Waals surface area contributed by atoms with Crippen molar-refractivity contribution in [2.75, 3.05) is 13.7 Å². The third-order valence-corrected chi connectivity index (χ3v) is 6.40. The van der Waals surface area contributed by atoms with Gasteiger partial charge in [0.05, 0.1) is 30.7 Å². The van der Waals surface area contributed by atoms with Crippen molar-refractivity contribution < 1.29 is 14.3 Å². The third-order valence-electron chi connectivity index (χ3n) is 6.40. The molecular weight excluding hydrogens is 438 g/mol. The van der Waals surface area contributed by atoms with Gasteiger partial charge in [-0.1, -0.05) is 44.2 Å². The number of fused-ring (bicyclic) bond motifs is 1. The maximum Gasteiger partial charge on any atom is 0.251 e. The number of nitrogens with one attached hydrogen (secondary N) is 1. The molecule has 0 bridgehead atoms. The first kappa shape index (κ1) is 24.3. The average Bonchev–Trinajstić information content (AvgIpc) is 3.27. The normalized spacial score (nSPS) is 12.8. The molecule has 1 aromatic heterocycles. The Balaban J connectivity index is 1.49. The molecule has 0 fully saturated rings. The maximum atomic E-state index is 12.9. The van der Waals surface area contributed by atoms with Crippen LogP contribution in [0.25, 0.3) is 11.0 Å². The van der Waals surface area contributed by atoms with Crippen molar-refractivity contribution in [3.8, 4) is 11.5 Å². The van der Waals surface area contributed by atoms with E-state index in [9.17, 15) is 4.79 Å². The van der Waals surface area contributed by atoms with E-state index in [0.717, 1.165) is 29.0 Å². The number of hydrogen-bond acceptors (Lipinski definition) is 4. The van der Waals surface area contributed by atoms with Gasteiger partial charge in [0.1, 0.15) is 23.9 Å². The molecule has 35 heavy (non-hydrogen) atoms. The van der Waals surface area contributed by atoms with Gasteiger partial charge in [0, 0.05) is 5.56 Å². The first-order chi connectivity index (χ1) is 17.0. The molecule has 0 aliphatic rings. The predicted molar refractivity (Wildman–Crippen MR) is 139 cm³/mol. The molecule has 3 aromatic carbocycles. The number of imidazole rings is 1. The molecule has 6 nitrogen and oxygen atoms in total. The van der Waals surface area contributed by atoms with Crippen LogP contribution in [0, 0.1) is 0 Å². The van der Waals surface area contributed by atoms with Crippen LogP contribution in [0.15, 0.2) is 72.8 Å². The van der Waals surface area contributed by atoms with Gasteiger partial charge in [0.15, 0.2) is 0 Å². The summed E-state index contributed by atoms with van der Waals surface area (Å²) >= 11 is 0. The van der Waals surface area contributed by atoms with Gasteiger partial charge in [0.25, 0.3) is 5.91 Å². The molecule has 0 radical (unpaired) electrons. The zero-order valence-corrected chi connectivity index (χ0v) is 20.8. The monoisotopic (exact) mass is 471 g/mol. The molecule has 182 valence electrons. The fourth-order valence-electron chi connectivity index (χ4n) is 4.15. The van der Waals surface area contributed by atoms with E-state index in [1.807, 2.05) is 49.4 Å². The van der Waals surface area contributed by atoms with Crippen LogP contribution in [0.3, 0.4) is 0 Å². The number of ether oxygens (including phenoxy) is 2. The Morgan fingerprint density at radius 2 is 1.77 bits per heavy atom. The Labute approximate surface area is 206 Å². The zero-order valence-electron chi connectivity index (χ0n) is 20.8. The van der Waals surface area contributed by atoms with Crippen LogP contribution in [0.2, 0.25) is 0 Å². The smallest absolute Gasteiger partial charge is 0.251 e. The van der Waals surface area contributed by atoms with Gasteiger partial charge in [-0.25, -0.2) is 4.98 Å². The van der Waals surface area contributed by atoms with Crippen molar-refractivity contribution in [1.82, 2.24) is 14.9 Å². The van der Waals surface area contributed by atoms with Crippen LogP contribution in [-0.4, -0.2) is 29.2 Å². The molecule has 2 atom stereocenters. The van der Waals surface area contributed by atoms with Crippen molar-refractivity contribution in [2.45, 2.75) is 45.7 Å². The van der Waals surface area contributed by atoms with E-state index in [4.69, 9.17) is 14.5 Å². The largest absolute Gasteiger partial charge is 0.497 e. The first-order valence-corrected chi connectivity index (χ1v) is 12.1. The molecule has 6 heteroatoms. The summed E-state index contributed by atoms with van der Waals surface area (Å²) in [6, 6.07) is 23.2. The summed E-state index contributed by atoms with van der Waals surface area (Å²) in [5, 5.41) is 3.08. The topological polar surface area (TPSA) is 65.4 Å². The fourth-order valence-corrected chi connectivity index (χ4v) is 4.15. The fraction of sp³-hybridized carbons (Fsp3) is 0.310. The van der Waals surface area contributed by atoms with E-state index in [1.165, 1.54) is 5.56 Å². The van der Waals surface area contributed by atoms with Gasteiger partial charge in [-0.3, -0.25) is 4.79 Å². The molecular formula is C29H33N3O3. The van der Waals surface area contributed by atoms with Crippen LogP contribution in [0.1, 0.15) is 60.9 Å². The maximum absolute atomic E-state index is 12.9.